The summed E-state index contributed by atoms with van der Waals surface area (Å²) in [5, 5.41) is 6.03. The van der Waals surface area contributed by atoms with Crippen LogP contribution in [-0.2, 0) is 4.79 Å². The number of carbonyl (C=O) groups excluding carboxylic acids is 2. The van der Waals surface area contributed by atoms with Crippen LogP contribution < -0.4 is 20.1 Å². The molecule has 2 aromatic rings. The maximum Gasteiger partial charge on any atom is 0.243 e. The van der Waals surface area contributed by atoms with E-state index in [0.717, 1.165) is 0 Å². The highest BCUT2D eigenvalue weighted by atomic mass is 35.5. The van der Waals surface area contributed by atoms with E-state index in [9.17, 15) is 9.59 Å². The molecule has 0 aliphatic heterocycles. The molecule has 0 saturated carbocycles. The first-order chi connectivity index (χ1) is 12.0. The van der Waals surface area contributed by atoms with Crippen molar-refractivity contribution in [3.05, 3.63) is 47.0 Å². The fourth-order valence-electron chi connectivity index (χ4n) is 2.27. The third-order valence-corrected chi connectivity index (χ3v) is 3.79. The van der Waals surface area contributed by atoms with Gasteiger partial charge in [-0.25, -0.2) is 0 Å². The molecule has 7 heteroatoms. The standard InChI is InChI=1S/C18H19ClN2O4/c1-11(22)12-6-4-5-7-14(12)20-10-18(23)21-15-8-13(19)16(24-2)9-17(15)25-3/h4-9,20H,10H2,1-3H3,(H,21,23). The fourth-order valence-corrected chi connectivity index (χ4v) is 2.51. The third kappa shape index (κ3) is 4.64. The van der Waals surface area contributed by atoms with Gasteiger partial charge in [-0.05, 0) is 25.1 Å². The summed E-state index contributed by atoms with van der Waals surface area (Å²) in [6.07, 6.45) is 0. The number of hydrogen-bond donors (Lipinski definition) is 2. The average molecular weight is 363 g/mol. The molecule has 2 rings (SSSR count). The lowest BCUT2D eigenvalue weighted by atomic mass is 10.1. The smallest absolute Gasteiger partial charge is 0.243 e. The minimum atomic E-state index is -0.308. The second-order valence-electron chi connectivity index (χ2n) is 5.19. The van der Waals surface area contributed by atoms with Crippen LogP contribution in [0.2, 0.25) is 5.02 Å². The molecule has 2 aromatic carbocycles. The highest BCUT2D eigenvalue weighted by Crippen LogP contribution is 2.35. The van der Waals surface area contributed by atoms with E-state index in [-0.39, 0.29) is 18.2 Å². The zero-order chi connectivity index (χ0) is 18.4. The highest BCUT2D eigenvalue weighted by molar-refractivity contribution is 6.32. The van der Waals surface area contributed by atoms with Crippen molar-refractivity contribution in [1.82, 2.24) is 0 Å². The van der Waals surface area contributed by atoms with E-state index in [1.54, 1.807) is 36.4 Å². The van der Waals surface area contributed by atoms with Gasteiger partial charge in [-0.1, -0.05) is 23.7 Å². The topological polar surface area (TPSA) is 76.7 Å². The predicted octanol–water partition coefficient (Wildman–Crippen LogP) is 3.61. The lowest BCUT2D eigenvalue weighted by Crippen LogP contribution is -2.22. The monoisotopic (exact) mass is 362 g/mol. The Labute approximate surface area is 151 Å². The highest BCUT2D eigenvalue weighted by Gasteiger charge is 2.13. The number of carbonyl (C=O) groups is 2. The summed E-state index contributed by atoms with van der Waals surface area (Å²) in [7, 11) is 2.98. The summed E-state index contributed by atoms with van der Waals surface area (Å²) in [5.74, 6) is 0.494. The Morgan fingerprint density at radius 3 is 2.36 bits per heavy atom. The number of amides is 1. The van der Waals surface area contributed by atoms with Crippen LogP contribution in [0.1, 0.15) is 17.3 Å². The van der Waals surface area contributed by atoms with Crippen molar-refractivity contribution in [2.75, 3.05) is 31.4 Å². The van der Waals surface area contributed by atoms with Crippen LogP contribution in [-0.4, -0.2) is 32.5 Å². The lowest BCUT2D eigenvalue weighted by Gasteiger charge is -2.14. The first kappa shape index (κ1) is 18.6. The largest absolute Gasteiger partial charge is 0.495 e. The summed E-state index contributed by atoms with van der Waals surface area (Å²) >= 11 is 6.09. The van der Waals surface area contributed by atoms with Gasteiger partial charge < -0.3 is 20.1 Å². The molecule has 1 amide bonds. The molecule has 25 heavy (non-hydrogen) atoms. The summed E-state index contributed by atoms with van der Waals surface area (Å²) in [5.41, 5.74) is 1.56. The number of halogens is 1. The van der Waals surface area contributed by atoms with Crippen LogP contribution in [0.15, 0.2) is 36.4 Å². The molecular weight excluding hydrogens is 344 g/mol. The molecule has 0 aromatic heterocycles. The summed E-state index contributed by atoms with van der Waals surface area (Å²) in [6.45, 7) is 1.46. The van der Waals surface area contributed by atoms with Crippen molar-refractivity contribution >= 4 is 34.7 Å². The Morgan fingerprint density at radius 2 is 1.72 bits per heavy atom. The Hall–Kier alpha value is -2.73. The van der Waals surface area contributed by atoms with Crippen molar-refractivity contribution in [2.45, 2.75) is 6.92 Å². The average Bonchev–Trinajstić information content (AvgIpc) is 2.60. The molecule has 0 bridgehead atoms. The van der Waals surface area contributed by atoms with Crippen molar-refractivity contribution in [3.8, 4) is 11.5 Å². The van der Waals surface area contributed by atoms with Gasteiger partial charge in [0, 0.05) is 17.3 Å². The molecule has 0 aliphatic rings. The van der Waals surface area contributed by atoms with Gasteiger partial charge >= 0.3 is 0 Å². The Bertz CT molecular complexity index is 793. The first-order valence-corrected chi connectivity index (χ1v) is 7.89. The molecular formula is C18H19ClN2O4. The van der Waals surface area contributed by atoms with E-state index in [0.29, 0.717) is 33.5 Å². The molecule has 0 aliphatic carbocycles. The van der Waals surface area contributed by atoms with Gasteiger partial charge in [0.25, 0.3) is 0 Å². The number of anilines is 2. The molecule has 0 heterocycles. The van der Waals surface area contributed by atoms with E-state index in [1.807, 2.05) is 0 Å². The number of Topliss-reactive ketones (excluding diaryl/α,β-unsaturated/α-hetero) is 1. The van der Waals surface area contributed by atoms with Gasteiger partial charge in [-0.3, -0.25) is 9.59 Å². The number of para-hydroxylation sites is 1. The fraction of sp³-hybridized carbons (Fsp3) is 0.222. The molecule has 0 fully saturated rings. The van der Waals surface area contributed by atoms with E-state index >= 15 is 0 Å². The SMILES string of the molecule is COc1cc(OC)c(NC(=O)CNc2ccccc2C(C)=O)cc1Cl. The molecule has 0 radical (unpaired) electrons. The van der Waals surface area contributed by atoms with Gasteiger partial charge in [0.15, 0.2) is 5.78 Å². The lowest BCUT2D eigenvalue weighted by molar-refractivity contribution is -0.114. The van der Waals surface area contributed by atoms with Crippen LogP contribution >= 0.6 is 11.6 Å². The van der Waals surface area contributed by atoms with Crippen LogP contribution in [0.3, 0.4) is 0 Å². The second-order valence-corrected chi connectivity index (χ2v) is 5.60. The number of ketones is 1. The molecule has 6 nitrogen and oxygen atoms in total. The number of methoxy groups -OCH3 is 2. The van der Waals surface area contributed by atoms with Gasteiger partial charge in [0.2, 0.25) is 5.91 Å². The van der Waals surface area contributed by atoms with E-state index in [1.165, 1.54) is 21.1 Å². The number of rotatable bonds is 7. The van der Waals surface area contributed by atoms with Crippen molar-refractivity contribution in [3.63, 3.8) is 0 Å². The number of nitrogens with one attached hydrogen (secondary N) is 2. The number of benzene rings is 2. The first-order valence-electron chi connectivity index (χ1n) is 7.51. The van der Waals surface area contributed by atoms with Gasteiger partial charge in [-0.15, -0.1) is 0 Å². The van der Waals surface area contributed by atoms with Gasteiger partial charge in [-0.2, -0.15) is 0 Å². The van der Waals surface area contributed by atoms with Gasteiger partial charge in [0.1, 0.15) is 11.5 Å². The van der Waals surface area contributed by atoms with E-state index < -0.39 is 0 Å². The Morgan fingerprint density at radius 1 is 1.04 bits per heavy atom. The summed E-state index contributed by atoms with van der Waals surface area (Å²) < 4.78 is 10.4. The van der Waals surface area contributed by atoms with E-state index in [2.05, 4.69) is 10.6 Å². The van der Waals surface area contributed by atoms with Crippen molar-refractivity contribution in [2.24, 2.45) is 0 Å². The Balaban J connectivity index is 2.09. The Kier molecular flexibility index (Phi) is 6.25. The summed E-state index contributed by atoms with van der Waals surface area (Å²) in [6, 6.07) is 10.2. The number of hydrogen-bond acceptors (Lipinski definition) is 5. The van der Waals surface area contributed by atoms with Crippen LogP contribution in [0.25, 0.3) is 0 Å². The molecule has 0 unspecified atom stereocenters. The minimum Gasteiger partial charge on any atom is -0.495 e. The van der Waals surface area contributed by atoms with Crippen molar-refractivity contribution in [1.29, 1.82) is 0 Å². The molecule has 132 valence electrons. The molecule has 0 spiro atoms. The van der Waals surface area contributed by atoms with Gasteiger partial charge in [0.05, 0.1) is 31.5 Å². The minimum absolute atomic E-state index is 0.0168. The maximum atomic E-state index is 12.2. The second kappa shape index (κ2) is 8.39. The predicted molar refractivity (Wildman–Crippen MR) is 98.1 cm³/mol. The summed E-state index contributed by atoms with van der Waals surface area (Å²) in [4.78, 5) is 23.8. The number of ether oxygens (including phenoxy) is 2. The quantitative estimate of drug-likeness (QED) is 0.736. The molecule has 0 saturated heterocycles. The van der Waals surface area contributed by atoms with Crippen LogP contribution in [0.4, 0.5) is 11.4 Å². The zero-order valence-corrected chi connectivity index (χ0v) is 14.9. The van der Waals surface area contributed by atoms with Crippen molar-refractivity contribution < 1.29 is 19.1 Å². The molecule has 0 atom stereocenters. The zero-order valence-electron chi connectivity index (χ0n) is 14.2. The molecule has 2 N–H and O–H groups in total. The van der Waals surface area contributed by atoms with E-state index in [4.69, 9.17) is 21.1 Å². The normalized spacial score (nSPS) is 10.1. The van der Waals surface area contributed by atoms with Crippen LogP contribution in [0, 0.1) is 0 Å². The van der Waals surface area contributed by atoms with Crippen LogP contribution in [0.5, 0.6) is 11.5 Å². The maximum absolute atomic E-state index is 12.2. The third-order valence-electron chi connectivity index (χ3n) is 3.49.